The lowest BCUT2D eigenvalue weighted by atomic mass is 10.1. The summed E-state index contributed by atoms with van der Waals surface area (Å²) in [5.41, 5.74) is -2.14. The molecule has 0 aromatic carbocycles. The SMILES string of the molecule is CN/C(=C(/OC(F)F)C(=N)C(F)(F)C(F)(F)F)n1cc(-c2cnc(Cl)c(C(=O)NC3CC3)c2)cn1. The number of carbonyl (C=O) groups is 1. The van der Waals surface area contributed by atoms with Crippen molar-refractivity contribution in [2.75, 3.05) is 7.05 Å². The minimum Gasteiger partial charge on any atom is -0.429 e. The molecule has 8 nitrogen and oxygen atoms in total. The molecule has 1 saturated carbocycles. The van der Waals surface area contributed by atoms with Crippen LogP contribution < -0.4 is 10.6 Å². The van der Waals surface area contributed by atoms with Gasteiger partial charge in [0.1, 0.15) is 5.15 Å². The average Bonchev–Trinajstić information content (AvgIpc) is 3.45. The van der Waals surface area contributed by atoms with Gasteiger partial charge in [-0.3, -0.25) is 10.2 Å². The fourth-order valence-electron chi connectivity index (χ4n) is 2.79. The van der Waals surface area contributed by atoms with E-state index < -0.39 is 41.9 Å². The molecule has 2 aromatic heterocycles. The van der Waals surface area contributed by atoms with E-state index in [1.807, 2.05) is 0 Å². The number of nitrogens with one attached hydrogen (secondary N) is 3. The van der Waals surface area contributed by atoms with Gasteiger partial charge in [0.15, 0.2) is 17.3 Å². The van der Waals surface area contributed by atoms with Gasteiger partial charge >= 0.3 is 18.7 Å². The van der Waals surface area contributed by atoms with Crippen LogP contribution in [0.3, 0.4) is 0 Å². The van der Waals surface area contributed by atoms with Gasteiger partial charge in [-0.2, -0.15) is 35.8 Å². The van der Waals surface area contributed by atoms with Crippen molar-refractivity contribution in [3.63, 3.8) is 0 Å². The van der Waals surface area contributed by atoms with Gasteiger partial charge in [0.05, 0.1) is 11.8 Å². The highest BCUT2D eigenvalue weighted by Crippen LogP contribution is 2.39. The van der Waals surface area contributed by atoms with Crippen LogP contribution in [0.2, 0.25) is 5.15 Å². The van der Waals surface area contributed by atoms with E-state index in [0.29, 0.717) is 4.68 Å². The molecule has 0 unspecified atom stereocenters. The Hall–Kier alpha value is -3.36. The van der Waals surface area contributed by atoms with Crippen LogP contribution in [0.15, 0.2) is 30.4 Å². The molecule has 16 heteroatoms. The lowest BCUT2D eigenvalue weighted by molar-refractivity contribution is -0.250. The van der Waals surface area contributed by atoms with Crippen molar-refractivity contribution in [3.05, 3.63) is 41.1 Å². The third-order valence-electron chi connectivity index (χ3n) is 4.70. The van der Waals surface area contributed by atoms with Gasteiger partial charge in [-0.05, 0) is 18.9 Å². The topological polar surface area (TPSA) is 105 Å². The first kappa shape index (κ1) is 26.2. The van der Waals surface area contributed by atoms with Crippen LogP contribution >= 0.6 is 11.6 Å². The summed E-state index contributed by atoms with van der Waals surface area (Å²) in [6.45, 7) is -3.83. The first-order valence-electron chi connectivity index (χ1n) is 9.68. The van der Waals surface area contributed by atoms with Crippen LogP contribution in [0.1, 0.15) is 23.2 Å². The van der Waals surface area contributed by atoms with E-state index in [0.717, 1.165) is 32.3 Å². The minimum atomic E-state index is -6.25. The fourth-order valence-corrected chi connectivity index (χ4v) is 2.98. The molecule has 190 valence electrons. The van der Waals surface area contributed by atoms with Crippen LogP contribution in [0, 0.1) is 5.41 Å². The molecule has 35 heavy (non-hydrogen) atoms. The molecule has 1 aliphatic carbocycles. The molecule has 2 aromatic rings. The Morgan fingerprint density at radius 1 is 1.23 bits per heavy atom. The van der Waals surface area contributed by atoms with Crippen molar-refractivity contribution in [1.29, 1.82) is 5.41 Å². The maximum absolute atomic E-state index is 13.7. The van der Waals surface area contributed by atoms with E-state index in [9.17, 15) is 35.5 Å². The molecule has 0 spiro atoms. The Balaban J connectivity index is 2.02. The van der Waals surface area contributed by atoms with Gasteiger partial charge in [-0.25, -0.2) is 9.67 Å². The number of aromatic nitrogens is 3. The molecular formula is C19H16ClF7N6O2. The Morgan fingerprint density at radius 3 is 2.43 bits per heavy atom. The molecule has 1 amide bonds. The van der Waals surface area contributed by atoms with Crippen molar-refractivity contribution in [2.24, 2.45) is 0 Å². The highest BCUT2D eigenvalue weighted by atomic mass is 35.5. The Bertz CT molecular complexity index is 1160. The second-order valence-electron chi connectivity index (χ2n) is 7.24. The third-order valence-corrected chi connectivity index (χ3v) is 5.00. The molecule has 0 saturated heterocycles. The number of pyridine rings is 1. The predicted octanol–water partition coefficient (Wildman–Crippen LogP) is 4.29. The molecule has 0 bridgehead atoms. The van der Waals surface area contributed by atoms with E-state index in [-0.39, 0.29) is 27.9 Å². The van der Waals surface area contributed by atoms with Crippen molar-refractivity contribution >= 4 is 29.0 Å². The summed E-state index contributed by atoms with van der Waals surface area (Å²) in [5, 5.41) is 15.8. The third kappa shape index (κ3) is 5.66. The normalized spacial score (nSPS) is 15.0. The van der Waals surface area contributed by atoms with Crippen LogP contribution in [-0.4, -0.2) is 58.2 Å². The average molecular weight is 529 g/mol. The Morgan fingerprint density at radius 2 is 1.89 bits per heavy atom. The summed E-state index contributed by atoms with van der Waals surface area (Å²) in [4.78, 5) is 16.3. The number of rotatable bonds is 9. The van der Waals surface area contributed by atoms with Gasteiger partial charge in [-0.15, -0.1) is 0 Å². The number of hydrogen-bond donors (Lipinski definition) is 3. The number of carbonyl (C=O) groups excluding carboxylic acids is 1. The first-order chi connectivity index (χ1) is 16.3. The monoisotopic (exact) mass is 528 g/mol. The molecule has 3 N–H and O–H groups in total. The van der Waals surface area contributed by atoms with Crippen molar-refractivity contribution in [1.82, 2.24) is 25.4 Å². The zero-order valence-electron chi connectivity index (χ0n) is 17.6. The van der Waals surface area contributed by atoms with E-state index in [1.54, 1.807) is 0 Å². The smallest absolute Gasteiger partial charge is 0.429 e. The van der Waals surface area contributed by atoms with Crippen LogP contribution in [0.25, 0.3) is 16.9 Å². The van der Waals surface area contributed by atoms with Gasteiger partial charge < -0.3 is 15.4 Å². The van der Waals surface area contributed by atoms with Crippen LogP contribution in [0.5, 0.6) is 0 Å². The van der Waals surface area contributed by atoms with Crippen LogP contribution in [-0.2, 0) is 4.74 Å². The van der Waals surface area contributed by atoms with Crippen molar-refractivity contribution in [2.45, 2.75) is 37.6 Å². The maximum atomic E-state index is 13.7. The lowest BCUT2D eigenvalue weighted by Gasteiger charge is -2.23. The van der Waals surface area contributed by atoms with Gasteiger partial charge in [0, 0.05) is 36.6 Å². The van der Waals surface area contributed by atoms with Gasteiger partial charge in [-0.1, -0.05) is 11.6 Å². The van der Waals surface area contributed by atoms with Crippen LogP contribution in [0.4, 0.5) is 30.7 Å². The minimum absolute atomic E-state index is 0.0153. The van der Waals surface area contributed by atoms with Crippen molar-refractivity contribution in [3.8, 4) is 11.1 Å². The molecule has 0 aliphatic heterocycles. The number of hydrogen-bond acceptors (Lipinski definition) is 6. The summed E-state index contributed by atoms with van der Waals surface area (Å²) in [6, 6.07) is 1.36. The first-order valence-corrected chi connectivity index (χ1v) is 10.1. The number of amides is 1. The molecule has 0 radical (unpaired) electrons. The van der Waals surface area contributed by atoms with Gasteiger partial charge in [0.2, 0.25) is 0 Å². The zero-order valence-corrected chi connectivity index (χ0v) is 18.3. The highest BCUT2D eigenvalue weighted by Gasteiger charge is 2.62. The second kappa shape index (κ2) is 9.71. The standard InChI is InChI=1S/C19H16ClF7N6O2/c1-29-15(12(35-17(21)22)13(28)18(23,24)19(25,26)27)33-7-9(6-31-33)8-4-11(14(20)30-5-8)16(34)32-10-2-3-10/h4-7,10,17,28-29H,2-3H2,1H3,(H,32,34)/b15-12-,28-13?. The highest BCUT2D eigenvalue weighted by molar-refractivity contribution is 6.32. The predicted molar refractivity (Wildman–Crippen MR) is 109 cm³/mol. The molecule has 1 fully saturated rings. The van der Waals surface area contributed by atoms with Crippen molar-refractivity contribution < 1.29 is 40.3 Å². The summed E-state index contributed by atoms with van der Waals surface area (Å²) in [5.74, 6) is -8.98. The molecule has 0 atom stereocenters. The molecule has 2 heterocycles. The number of allylic oxidation sites excluding steroid dienone is 1. The Labute approximate surface area is 197 Å². The van der Waals surface area contributed by atoms with E-state index in [2.05, 4.69) is 25.5 Å². The second-order valence-corrected chi connectivity index (χ2v) is 7.60. The molecular weight excluding hydrogens is 513 g/mol. The quantitative estimate of drug-likeness (QED) is 0.195. The molecule has 3 rings (SSSR count). The summed E-state index contributed by atoms with van der Waals surface area (Å²) in [6.07, 6.45) is -1.25. The summed E-state index contributed by atoms with van der Waals surface area (Å²) < 4.78 is 95.9. The largest absolute Gasteiger partial charge is 0.459 e. The number of ether oxygens (including phenoxy) is 1. The fraction of sp³-hybridized carbons (Fsp3) is 0.368. The number of halogens is 8. The lowest BCUT2D eigenvalue weighted by Crippen LogP contribution is -2.45. The van der Waals surface area contributed by atoms with E-state index in [4.69, 9.17) is 17.0 Å². The number of alkyl halides is 7. The van der Waals surface area contributed by atoms with Gasteiger partial charge in [0.25, 0.3) is 5.91 Å². The maximum Gasteiger partial charge on any atom is 0.459 e. The zero-order chi connectivity index (χ0) is 26.1. The Kier molecular flexibility index (Phi) is 7.29. The summed E-state index contributed by atoms with van der Waals surface area (Å²) >= 11 is 5.98. The summed E-state index contributed by atoms with van der Waals surface area (Å²) in [7, 11) is 1.01. The molecule has 1 aliphatic rings. The number of nitrogens with zero attached hydrogens (tertiary/aromatic N) is 3. The van der Waals surface area contributed by atoms with E-state index >= 15 is 0 Å². The van der Waals surface area contributed by atoms with E-state index in [1.165, 1.54) is 12.3 Å².